The fraction of sp³-hybridized carbons (Fsp3) is 0.917. The Kier molecular flexibility index (Phi) is 5.40. The maximum absolute atomic E-state index is 4.71. The van der Waals surface area contributed by atoms with Crippen molar-refractivity contribution in [2.75, 3.05) is 6.54 Å². The first-order chi connectivity index (χ1) is 7.01. The third-order valence-electron chi connectivity index (χ3n) is 2.59. The Morgan fingerprint density at radius 3 is 2.73 bits per heavy atom. The summed E-state index contributed by atoms with van der Waals surface area (Å²) in [6.45, 7) is 10.6. The van der Waals surface area contributed by atoms with Gasteiger partial charge in [0.25, 0.3) is 0 Å². The van der Waals surface area contributed by atoms with Crippen LogP contribution in [0.1, 0.15) is 39.0 Å². The van der Waals surface area contributed by atoms with E-state index < -0.39 is 7.22 Å². The van der Waals surface area contributed by atoms with Crippen LogP contribution in [0.4, 0.5) is 0 Å². The van der Waals surface area contributed by atoms with Crippen LogP contribution < -0.4 is 0 Å². The maximum Gasteiger partial charge on any atom is 0.108 e. The molecule has 1 atom stereocenters. The molecule has 1 fully saturated rings. The minimum atomic E-state index is -0.928. The van der Waals surface area contributed by atoms with Gasteiger partial charge in [-0.25, -0.2) is 0 Å². The zero-order valence-corrected chi connectivity index (χ0v) is 12.5. The molecule has 1 unspecified atom stereocenters. The minimum Gasteiger partial charge on any atom is -0.294 e. The average Bonchev–Trinajstić information content (AvgIpc) is 2.50. The molecule has 1 rings (SSSR count). The number of rotatable bonds is 5. The third kappa shape index (κ3) is 5.76. The second-order valence-electron chi connectivity index (χ2n) is 5.40. The molecule has 0 amide bonds. The van der Waals surface area contributed by atoms with Gasteiger partial charge in [-0.05, 0) is 25.7 Å². The van der Waals surface area contributed by atoms with E-state index in [1.54, 1.807) is 0 Å². The first-order valence-corrected chi connectivity index (χ1v) is 11.3. The van der Waals surface area contributed by atoms with Gasteiger partial charge in [-0.1, -0.05) is 33.0 Å². The molecule has 0 radical (unpaired) electrons. The highest BCUT2D eigenvalue weighted by atomic mass is 32.4. The highest BCUT2D eigenvalue weighted by Gasteiger charge is 2.26. The lowest BCUT2D eigenvalue weighted by molar-refractivity contribution is 0.805. The molecule has 0 aliphatic heterocycles. The normalized spacial score (nSPS) is 25.1. The van der Waals surface area contributed by atoms with Crippen molar-refractivity contribution >= 4 is 24.1 Å². The number of aliphatic imine (C=N–C) groups is 1. The molecule has 1 aliphatic rings. The smallest absolute Gasteiger partial charge is 0.108 e. The summed E-state index contributed by atoms with van der Waals surface area (Å²) in [5, 5.41) is 0.886. The molecular weight excluding hydrogens is 218 g/mol. The summed E-state index contributed by atoms with van der Waals surface area (Å²) < 4.78 is 0. The van der Waals surface area contributed by atoms with Crippen LogP contribution in [0, 0.1) is 0 Å². The largest absolute Gasteiger partial charge is 0.294 e. The highest BCUT2D eigenvalue weighted by Crippen LogP contribution is 2.34. The van der Waals surface area contributed by atoms with Crippen LogP contribution in [0.5, 0.6) is 0 Å². The quantitative estimate of drug-likeness (QED) is 0.516. The van der Waals surface area contributed by atoms with Gasteiger partial charge in [0.2, 0.25) is 0 Å². The topological polar surface area (TPSA) is 12.4 Å². The molecule has 0 N–H and O–H groups in total. The lowest BCUT2D eigenvalue weighted by Crippen LogP contribution is -2.19. The lowest BCUT2D eigenvalue weighted by atomic mass is 10.3. The van der Waals surface area contributed by atoms with Crippen LogP contribution in [0.25, 0.3) is 0 Å². The molecule has 0 heterocycles. The first kappa shape index (κ1) is 13.3. The Bertz CT molecular complexity index is 220. The van der Waals surface area contributed by atoms with Crippen molar-refractivity contribution in [3.8, 4) is 0 Å². The highest BCUT2D eigenvalue weighted by molar-refractivity contribution is 8.29. The predicted molar refractivity (Wildman–Crippen MR) is 75.8 cm³/mol. The Labute approximate surface area is 99.8 Å². The Hall–Kier alpha value is 0.237. The van der Waals surface area contributed by atoms with E-state index in [0.29, 0.717) is 0 Å². The zero-order valence-electron chi connectivity index (χ0n) is 10.7. The second kappa shape index (κ2) is 6.09. The SMILES string of the molecule is CCCC/N=C1\CCC(S[Si](C)(C)C)C1. The number of hydrogen-bond donors (Lipinski definition) is 0. The van der Waals surface area contributed by atoms with Gasteiger partial charge in [0.15, 0.2) is 0 Å². The van der Waals surface area contributed by atoms with Crippen LogP contribution in [-0.4, -0.2) is 24.7 Å². The van der Waals surface area contributed by atoms with Crippen molar-refractivity contribution < 1.29 is 0 Å². The fourth-order valence-corrected chi connectivity index (χ4v) is 7.05. The van der Waals surface area contributed by atoms with Crippen molar-refractivity contribution in [3.63, 3.8) is 0 Å². The predicted octanol–water partition coefficient (Wildman–Crippen LogP) is 4.35. The van der Waals surface area contributed by atoms with Crippen molar-refractivity contribution in [2.45, 2.75) is 63.9 Å². The zero-order chi connectivity index (χ0) is 11.3. The van der Waals surface area contributed by atoms with E-state index in [4.69, 9.17) is 4.99 Å². The van der Waals surface area contributed by atoms with Crippen molar-refractivity contribution in [1.82, 2.24) is 0 Å². The molecule has 1 saturated carbocycles. The monoisotopic (exact) mass is 243 g/mol. The van der Waals surface area contributed by atoms with Gasteiger partial charge < -0.3 is 0 Å². The molecule has 0 spiro atoms. The summed E-state index contributed by atoms with van der Waals surface area (Å²) >= 11 is 2.27. The standard InChI is InChI=1S/C12H25NSSi/c1-5-6-9-13-11-7-8-12(10-11)14-15(2,3)4/h12H,5-10H2,1-4H3/b13-11+. The van der Waals surface area contributed by atoms with Crippen LogP contribution in [-0.2, 0) is 0 Å². The van der Waals surface area contributed by atoms with Gasteiger partial charge in [-0.15, -0.1) is 0 Å². The van der Waals surface area contributed by atoms with E-state index in [0.717, 1.165) is 11.8 Å². The van der Waals surface area contributed by atoms with Crippen LogP contribution >= 0.6 is 11.2 Å². The second-order valence-corrected chi connectivity index (χ2v) is 14.9. The third-order valence-corrected chi connectivity index (χ3v) is 7.15. The molecule has 0 saturated heterocycles. The molecule has 15 heavy (non-hydrogen) atoms. The van der Waals surface area contributed by atoms with E-state index >= 15 is 0 Å². The number of unbranched alkanes of at least 4 members (excludes halogenated alkanes) is 1. The molecule has 88 valence electrons. The number of nitrogens with zero attached hydrogens (tertiary/aromatic N) is 1. The summed E-state index contributed by atoms with van der Waals surface area (Å²) in [4.78, 5) is 4.71. The van der Waals surface area contributed by atoms with Gasteiger partial charge in [-0.2, -0.15) is 11.2 Å². The average molecular weight is 243 g/mol. The van der Waals surface area contributed by atoms with E-state index in [-0.39, 0.29) is 0 Å². The van der Waals surface area contributed by atoms with Crippen LogP contribution in [0.15, 0.2) is 4.99 Å². The van der Waals surface area contributed by atoms with E-state index in [9.17, 15) is 0 Å². The molecule has 0 bridgehead atoms. The Morgan fingerprint density at radius 1 is 1.40 bits per heavy atom. The lowest BCUT2D eigenvalue weighted by Gasteiger charge is -2.19. The number of hydrogen-bond acceptors (Lipinski definition) is 2. The van der Waals surface area contributed by atoms with Crippen molar-refractivity contribution in [3.05, 3.63) is 0 Å². The van der Waals surface area contributed by atoms with Crippen LogP contribution in [0.2, 0.25) is 19.6 Å². The van der Waals surface area contributed by atoms with Gasteiger partial charge in [0.05, 0.1) is 0 Å². The van der Waals surface area contributed by atoms with E-state index in [1.165, 1.54) is 37.8 Å². The summed E-state index contributed by atoms with van der Waals surface area (Å²) in [5.41, 5.74) is 1.50. The Balaban J connectivity index is 2.29. The van der Waals surface area contributed by atoms with Gasteiger partial charge >= 0.3 is 0 Å². The van der Waals surface area contributed by atoms with Crippen molar-refractivity contribution in [1.29, 1.82) is 0 Å². The molecule has 3 heteroatoms. The van der Waals surface area contributed by atoms with Crippen LogP contribution in [0.3, 0.4) is 0 Å². The summed E-state index contributed by atoms with van der Waals surface area (Å²) in [6, 6.07) is 0. The molecular formula is C12H25NSSi. The summed E-state index contributed by atoms with van der Waals surface area (Å²) in [6.07, 6.45) is 6.45. The van der Waals surface area contributed by atoms with Gasteiger partial charge in [0.1, 0.15) is 7.22 Å². The van der Waals surface area contributed by atoms with Gasteiger partial charge in [0, 0.05) is 17.5 Å². The van der Waals surface area contributed by atoms with E-state index in [1.807, 2.05) is 0 Å². The molecule has 1 aliphatic carbocycles. The molecule has 0 aromatic rings. The fourth-order valence-electron chi connectivity index (χ4n) is 1.93. The minimum absolute atomic E-state index is 0.886. The maximum atomic E-state index is 4.71. The molecule has 1 nitrogen and oxygen atoms in total. The molecule has 0 aromatic carbocycles. The summed E-state index contributed by atoms with van der Waals surface area (Å²) in [5.74, 6) is 0. The summed E-state index contributed by atoms with van der Waals surface area (Å²) in [7, 11) is -0.928. The van der Waals surface area contributed by atoms with E-state index in [2.05, 4.69) is 37.8 Å². The van der Waals surface area contributed by atoms with Crippen molar-refractivity contribution in [2.24, 2.45) is 4.99 Å². The Morgan fingerprint density at radius 2 is 2.13 bits per heavy atom. The first-order valence-electron chi connectivity index (χ1n) is 6.21. The van der Waals surface area contributed by atoms with Gasteiger partial charge in [-0.3, -0.25) is 4.99 Å². The molecule has 0 aromatic heterocycles.